The maximum absolute atomic E-state index is 11.7. The Bertz CT molecular complexity index is 1080. The van der Waals surface area contributed by atoms with Crippen molar-refractivity contribution in [1.29, 1.82) is 0 Å². The lowest BCUT2D eigenvalue weighted by Gasteiger charge is -2.36. The summed E-state index contributed by atoms with van der Waals surface area (Å²) in [5.74, 6) is 1.39. The SMILES string of the molecule is O=S1(=O)CCN(c2nccnc2O[C@H]2C[C@@H](Nc3nc4ccccc4s3)C2)CC1. The number of hydrogen-bond acceptors (Lipinski definition) is 9. The molecule has 3 aromatic rings. The Morgan fingerprint density at radius 3 is 2.66 bits per heavy atom. The van der Waals surface area contributed by atoms with E-state index in [2.05, 4.69) is 26.3 Å². The molecule has 10 heteroatoms. The molecule has 0 amide bonds. The van der Waals surface area contributed by atoms with Gasteiger partial charge in [-0.05, 0) is 12.1 Å². The standard InChI is InChI=1S/C19H21N5O3S2/c25-29(26)9-7-24(8-10-29)17-18(21-6-5-20-17)27-14-11-13(12-14)22-19-23-15-3-1-2-4-16(15)28-19/h1-6,13-14H,7-12H2,(H,22,23)/t13-,14+. The van der Waals surface area contributed by atoms with Crippen molar-refractivity contribution < 1.29 is 13.2 Å². The lowest BCUT2D eigenvalue weighted by molar-refractivity contribution is 0.103. The molecule has 1 aromatic carbocycles. The van der Waals surface area contributed by atoms with Crippen LogP contribution in [0.2, 0.25) is 0 Å². The Morgan fingerprint density at radius 1 is 1.10 bits per heavy atom. The Labute approximate surface area is 172 Å². The lowest BCUT2D eigenvalue weighted by atomic mass is 9.89. The molecule has 0 bridgehead atoms. The van der Waals surface area contributed by atoms with Gasteiger partial charge in [-0.1, -0.05) is 23.5 Å². The molecule has 3 heterocycles. The van der Waals surface area contributed by atoms with Crippen LogP contribution >= 0.6 is 11.3 Å². The molecule has 0 unspecified atom stereocenters. The molecule has 1 aliphatic carbocycles. The van der Waals surface area contributed by atoms with Crippen LogP contribution in [0.5, 0.6) is 5.88 Å². The number of benzene rings is 1. The van der Waals surface area contributed by atoms with Crippen LogP contribution < -0.4 is 15.0 Å². The highest BCUT2D eigenvalue weighted by molar-refractivity contribution is 7.91. The van der Waals surface area contributed by atoms with Crippen molar-refractivity contribution in [3.05, 3.63) is 36.7 Å². The van der Waals surface area contributed by atoms with E-state index >= 15 is 0 Å². The van der Waals surface area contributed by atoms with E-state index in [9.17, 15) is 8.42 Å². The number of nitrogens with one attached hydrogen (secondary N) is 1. The molecule has 1 saturated carbocycles. The van der Waals surface area contributed by atoms with Crippen LogP contribution in [0.1, 0.15) is 12.8 Å². The van der Waals surface area contributed by atoms with E-state index in [0.717, 1.165) is 23.5 Å². The zero-order valence-electron chi connectivity index (χ0n) is 15.7. The van der Waals surface area contributed by atoms with Gasteiger partial charge in [0, 0.05) is 44.4 Å². The molecular formula is C19H21N5O3S2. The molecule has 8 nitrogen and oxygen atoms in total. The molecule has 1 N–H and O–H groups in total. The van der Waals surface area contributed by atoms with Gasteiger partial charge in [0.1, 0.15) is 6.10 Å². The average molecular weight is 432 g/mol. The van der Waals surface area contributed by atoms with Crippen LogP contribution in [0, 0.1) is 0 Å². The van der Waals surface area contributed by atoms with Gasteiger partial charge >= 0.3 is 0 Å². The van der Waals surface area contributed by atoms with Crippen LogP contribution in [0.4, 0.5) is 10.9 Å². The summed E-state index contributed by atoms with van der Waals surface area (Å²) in [6.45, 7) is 0.841. The van der Waals surface area contributed by atoms with Gasteiger partial charge in [0.15, 0.2) is 20.8 Å². The Morgan fingerprint density at radius 2 is 1.86 bits per heavy atom. The number of aromatic nitrogens is 3. The topological polar surface area (TPSA) is 97.3 Å². The van der Waals surface area contributed by atoms with Crippen molar-refractivity contribution in [3.63, 3.8) is 0 Å². The van der Waals surface area contributed by atoms with Gasteiger partial charge in [-0.3, -0.25) is 0 Å². The number of hydrogen-bond donors (Lipinski definition) is 1. The monoisotopic (exact) mass is 431 g/mol. The van der Waals surface area contributed by atoms with Crippen LogP contribution in [0.15, 0.2) is 36.7 Å². The summed E-state index contributed by atoms with van der Waals surface area (Å²) in [4.78, 5) is 15.3. The lowest BCUT2D eigenvalue weighted by Crippen LogP contribution is -2.44. The van der Waals surface area contributed by atoms with Crippen LogP contribution in [0.3, 0.4) is 0 Å². The third-order valence-corrected chi connectivity index (χ3v) is 7.86. The van der Waals surface area contributed by atoms with Crippen molar-refractivity contribution in [1.82, 2.24) is 15.0 Å². The van der Waals surface area contributed by atoms with Crippen LogP contribution in [-0.4, -0.2) is 60.1 Å². The first-order valence-corrected chi connectivity index (χ1v) is 12.2. The maximum Gasteiger partial charge on any atom is 0.257 e. The van der Waals surface area contributed by atoms with E-state index in [1.165, 1.54) is 4.70 Å². The summed E-state index contributed by atoms with van der Waals surface area (Å²) >= 11 is 1.66. The van der Waals surface area contributed by atoms with Crippen molar-refractivity contribution in [2.75, 3.05) is 34.8 Å². The Hall–Kier alpha value is -2.46. The van der Waals surface area contributed by atoms with Gasteiger partial charge in [-0.25, -0.2) is 23.4 Å². The van der Waals surface area contributed by atoms with E-state index in [1.807, 2.05) is 23.1 Å². The number of anilines is 2. The molecule has 2 fully saturated rings. The molecule has 0 radical (unpaired) electrons. The molecule has 5 rings (SSSR count). The predicted octanol–water partition coefficient (Wildman–Crippen LogP) is 2.34. The molecular weight excluding hydrogens is 410 g/mol. The smallest absolute Gasteiger partial charge is 0.257 e. The minimum atomic E-state index is -2.94. The molecule has 29 heavy (non-hydrogen) atoms. The van der Waals surface area contributed by atoms with Gasteiger partial charge in [-0.15, -0.1) is 0 Å². The van der Waals surface area contributed by atoms with Gasteiger partial charge in [-0.2, -0.15) is 0 Å². The van der Waals surface area contributed by atoms with Gasteiger partial charge < -0.3 is 15.0 Å². The second-order valence-corrected chi connectivity index (χ2v) is 10.7. The van der Waals surface area contributed by atoms with Crippen molar-refractivity contribution in [2.24, 2.45) is 0 Å². The molecule has 2 aliphatic rings. The average Bonchev–Trinajstić information content (AvgIpc) is 3.09. The predicted molar refractivity (Wildman–Crippen MR) is 114 cm³/mol. The fourth-order valence-corrected chi connectivity index (χ4v) is 5.73. The van der Waals surface area contributed by atoms with Crippen molar-refractivity contribution in [3.8, 4) is 5.88 Å². The highest BCUT2D eigenvalue weighted by atomic mass is 32.2. The van der Waals surface area contributed by atoms with Crippen molar-refractivity contribution >= 4 is 42.3 Å². The summed E-state index contributed by atoms with van der Waals surface area (Å²) in [6.07, 6.45) is 5.00. The van der Waals surface area contributed by atoms with Crippen LogP contribution in [-0.2, 0) is 9.84 Å². The van der Waals surface area contributed by atoms with E-state index in [0.29, 0.717) is 30.8 Å². The number of thiazole rings is 1. The summed E-state index contributed by atoms with van der Waals surface area (Å²) in [6, 6.07) is 8.43. The third-order valence-electron chi connectivity index (χ3n) is 5.29. The first-order chi connectivity index (χ1) is 14.1. The number of ether oxygens (including phenoxy) is 1. The van der Waals surface area contributed by atoms with Crippen molar-refractivity contribution in [2.45, 2.75) is 25.0 Å². The normalized spacial score (nSPS) is 23.5. The van der Waals surface area contributed by atoms with Gasteiger partial charge in [0.05, 0.1) is 21.7 Å². The number of rotatable bonds is 5. The molecule has 1 saturated heterocycles. The molecule has 152 valence electrons. The highest BCUT2D eigenvalue weighted by Gasteiger charge is 2.33. The summed E-state index contributed by atoms with van der Waals surface area (Å²) < 4.78 is 30.6. The highest BCUT2D eigenvalue weighted by Crippen LogP contribution is 2.33. The summed E-state index contributed by atoms with van der Waals surface area (Å²) in [5, 5.41) is 4.42. The number of para-hydroxylation sites is 1. The molecule has 1 aliphatic heterocycles. The molecule has 2 aromatic heterocycles. The second kappa shape index (κ2) is 7.42. The fraction of sp³-hybridized carbons (Fsp3) is 0.421. The minimum Gasteiger partial charge on any atom is -0.472 e. The van der Waals surface area contributed by atoms with E-state index in [4.69, 9.17) is 4.74 Å². The largest absolute Gasteiger partial charge is 0.472 e. The Balaban J connectivity index is 1.19. The summed E-state index contributed by atoms with van der Waals surface area (Å²) in [7, 11) is -2.94. The Kier molecular flexibility index (Phi) is 4.75. The van der Waals surface area contributed by atoms with E-state index < -0.39 is 9.84 Å². The first kappa shape index (κ1) is 18.6. The van der Waals surface area contributed by atoms with Crippen LogP contribution in [0.25, 0.3) is 10.2 Å². The maximum atomic E-state index is 11.7. The van der Waals surface area contributed by atoms with E-state index in [-0.39, 0.29) is 17.6 Å². The second-order valence-electron chi connectivity index (χ2n) is 7.36. The first-order valence-electron chi connectivity index (χ1n) is 9.61. The van der Waals surface area contributed by atoms with Gasteiger partial charge in [0.2, 0.25) is 0 Å². The fourth-order valence-electron chi connectivity index (χ4n) is 3.59. The zero-order chi connectivity index (χ0) is 19.8. The number of fused-ring (bicyclic) bond motifs is 1. The quantitative estimate of drug-likeness (QED) is 0.657. The number of nitrogens with zero attached hydrogens (tertiary/aromatic N) is 4. The van der Waals surface area contributed by atoms with Gasteiger partial charge in [0.25, 0.3) is 5.88 Å². The molecule has 0 atom stereocenters. The summed E-state index contributed by atoms with van der Waals surface area (Å²) in [5.41, 5.74) is 1.01. The minimum absolute atomic E-state index is 0.0610. The number of sulfone groups is 1. The third kappa shape index (κ3) is 3.99. The zero-order valence-corrected chi connectivity index (χ0v) is 17.3. The van der Waals surface area contributed by atoms with E-state index in [1.54, 1.807) is 23.7 Å². The molecule has 0 spiro atoms.